The molecule has 0 saturated carbocycles. The van der Waals surface area contributed by atoms with Crippen molar-refractivity contribution >= 4 is 43.3 Å². The summed E-state index contributed by atoms with van der Waals surface area (Å²) in [4.78, 5) is 0. The second-order valence-corrected chi connectivity index (χ2v) is 3.62. The van der Waals surface area contributed by atoms with Gasteiger partial charge in [-0.05, 0) is 0 Å². The number of hydrogen-bond donors (Lipinski definition) is 0. The summed E-state index contributed by atoms with van der Waals surface area (Å²) in [5.41, 5.74) is 0. The Kier molecular flexibility index (Phi) is 20.7. The van der Waals surface area contributed by atoms with Crippen LogP contribution in [0.3, 0.4) is 0 Å². The Morgan fingerprint density at radius 3 is 1.25 bits per heavy atom. The average molecular weight is 290 g/mol. The van der Waals surface area contributed by atoms with Gasteiger partial charge in [-0.3, -0.25) is 0 Å². The zero-order valence-electron chi connectivity index (χ0n) is 1.72. The summed E-state index contributed by atoms with van der Waals surface area (Å²) in [6.45, 7) is 0. The zero-order valence-corrected chi connectivity index (χ0v) is 8.22. The van der Waals surface area contributed by atoms with Crippen LogP contribution in [0.4, 0.5) is 0 Å². The molecule has 0 N–H and O–H groups in total. The van der Waals surface area contributed by atoms with Gasteiger partial charge in [-0.1, -0.05) is 0 Å². The van der Waals surface area contributed by atoms with E-state index < -0.39 is 0 Å². The van der Waals surface area contributed by atoms with Gasteiger partial charge >= 0.3 is 58.2 Å². The van der Waals surface area contributed by atoms with Crippen molar-refractivity contribution in [3.63, 3.8) is 0 Å². The van der Waals surface area contributed by atoms with Crippen LogP contribution in [0.25, 0.3) is 0 Å². The van der Waals surface area contributed by atoms with Crippen LogP contribution in [-0.2, 0) is 14.9 Å². The molecule has 0 unspecified atom stereocenters. The van der Waals surface area contributed by atoms with E-state index in [1.165, 1.54) is 0 Å². The van der Waals surface area contributed by atoms with Crippen LogP contribution in [-0.4, -0.2) is 23.7 Å². The first-order chi connectivity index (χ1) is 1.41. The van der Waals surface area contributed by atoms with E-state index in [-0.39, 0.29) is 38.6 Å². The van der Waals surface area contributed by atoms with Crippen LogP contribution in [0.2, 0.25) is 0 Å². The maximum absolute atomic E-state index is 4.34. The monoisotopic (exact) mass is 294 g/mol. The first kappa shape index (κ1) is 9.32. The normalized spacial score (nSPS) is 3.00. The van der Waals surface area contributed by atoms with Crippen molar-refractivity contribution in [2.45, 2.75) is 0 Å². The van der Waals surface area contributed by atoms with Crippen molar-refractivity contribution in [3.8, 4) is 0 Å². The van der Waals surface area contributed by atoms with Crippen molar-refractivity contribution in [2.75, 3.05) is 0 Å². The molecule has 0 aromatic rings. The summed E-state index contributed by atoms with van der Waals surface area (Å²) >= 11 is -0.363. The van der Waals surface area contributed by atoms with Gasteiger partial charge in [0.15, 0.2) is 0 Å². The van der Waals surface area contributed by atoms with Gasteiger partial charge in [-0.2, -0.15) is 0 Å². The molecule has 0 aliphatic rings. The molecule has 4 heteroatoms. The molecule has 0 rings (SSSR count). The van der Waals surface area contributed by atoms with E-state index in [1.807, 2.05) is 0 Å². The molecule has 0 fully saturated rings. The summed E-state index contributed by atoms with van der Waals surface area (Å²) in [7, 11) is 8.68. The summed E-state index contributed by atoms with van der Waals surface area (Å²) in [6.07, 6.45) is 0. The zero-order chi connectivity index (χ0) is 2.71. The molecule has 0 bridgehead atoms. The molecular formula is H2MoS2Te. The fourth-order valence-electron chi connectivity index (χ4n) is 0. The van der Waals surface area contributed by atoms with E-state index in [2.05, 4.69) is 19.6 Å². The molecule has 0 nitrogen and oxygen atoms in total. The Labute approximate surface area is 57.5 Å². The summed E-state index contributed by atoms with van der Waals surface area (Å²) in [5, 5.41) is 0. The second-order valence-electron chi connectivity index (χ2n) is 0.0680. The Hall–Kier alpha value is 1.92. The Bertz CT molecular complexity index is 27.0. The average Bonchev–Trinajstić information content (AvgIpc) is 0.918. The van der Waals surface area contributed by atoms with Gasteiger partial charge in [0.05, 0.1) is 0 Å². The van der Waals surface area contributed by atoms with Crippen LogP contribution >= 0.6 is 19.6 Å². The van der Waals surface area contributed by atoms with E-state index in [0.29, 0.717) is 0 Å². The van der Waals surface area contributed by atoms with Crippen LogP contribution in [0, 0.1) is 0 Å². The van der Waals surface area contributed by atoms with Gasteiger partial charge in [0.2, 0.25) is 0 Å². The van der Waals surface area contributed by atoms with Gasteiger partial charge in [-0.25, -0.2) is 0 Å². The summed E-state index contributed by atoms with van der Waals surface area (Å²) in [6, 6.07) is 0. The summed E-state index contributed by atoms with van der Waals surface area (Å²) < 4.78 is 0. The minimum absolute atomic E-state index is 0. The SMILES string of the molecule is [S]=[Mo]=[S].[TeH2]. The Balaban J connectivity index is 0. The Morgan fingerprint density at radius 1 is 1.25 bits per heavy atom. The van der Waals surface area contributed by atoms with Crippen molar-refractivity contribution < 1.29 is 14.9 Å². The first-order valence-corrected chi connectivity index (χ1v) is 5.92. The van der Waals surface area contributed by atoms with Gasteiger partial charge < -0.3 is 0 Å². The third-order valence-corrected chi connectivity index (χ3v) is 0. The predicted molar refractivity (Wildman–Crippen MR) is 23.7 cm³/mol. The number of hydrogen-bond acceptors (Lipinski definition) is 2. The summed E-state index contributed by atoms with van der Waals surface area (Å²) in [5.74, 6) is 0. The van der Waals surface area contributed by atoms with Gasteiger partial charge in [0, 0.05) is 0 Å². The molecule has 0 radical (unpaired) electrons. The predicted octanol–water partition coefficient (Wildman–Crippen LogP) is 0.378. The van der Waals surface area contributed by atoms with Crippen LogP contribution in [0.5, 0.6) is 0 Å². The molecule has 4 heavy (non-hydrogen) atoms. The maximum atomic E-state index is 4.34. The topological polar surface area (TPSA) is 0 Å². The third-order valence-electron chi connectivity index (χ3n) is 0. The van der Waals surface area contributed by atoms with E-state index in [9.17, 15) is 0 Å². The standard InChI is InChI=1S/Mo.2S.H2Te/h;;;1H2. The number of rotatable bonds is 0. The van der Waals surface area contributed by atoms with E-state index >= 15 is 0 Å². The first-order valence-electron chi connectivity index (χ1n) is 0.333. The molecule has 26 valence electrons. The van der Waals surface area contributed by atoms with Gasteiger partial charge in [0.25, 0.3) is 0 Å². The molecule has 0 atom stereocenters. The third kappa shape index (κ3) is 9.07. The fraction of sp³-hybridized carbons (Fsp3) is 0. The van der Waals surface area contributed by atoms with Crippen molar-refractivity contribution in [3.05, 3.63) is 0 Å². The Morgan fingerprint density at radius 2 is 1.25 bits per heavy atom. The van der Waals surface area contributed by atoms with Crippen molar-refractivity contribution in [2.24, 2.45) is 0 Å². The van der Waals surface area contributed by atoms with Crippen molar-refractivity contribution in [1.82, 2.24) is 0 Å². The second kappa shape index (κ2) is 8.87. The van der Waals surface area contributed by atoms with E-state index in [4.69, 9.17) is 0 Å². The minimum atomic E-state index is -0.363. The molecule has 0 aliphatic heterocycles. The van der Waals surface area contributed by atoms with Crippen LogP contribution < -0.4 is 0 Å². The van der Waals surface area contributed by atoms with Crippen LogP contribution in [0.1, 0.15) is 0 Å². The molecular weight excluding hydrogens is 288 g/mol. The molecule has 0 spiro atoms. The molecule has 0 aliphatic carbocycles. The van der Waals surface area contributed by atoms with Crippen molar-refractivity contribution in [1.29, 1.82) is 0 Å². The van der Waals surface area contributed by atoms with E-state index in [0.717, 1.165) is 0 Å². The van der Waals surface area contributed by atoms with Gasteiger partial charge in [0.1, 0.15) is 0 Å². The molecule has 0 aromatic carbocycles. The fourth-order valence-corrected chi connectivity index (χ4v) is 0. The molecule has 0 heterocycles. The molecule has 0 aromatic heterocycles. The molecule has 0 amide bonds. The van der Waals surface area contributed by atoms with E-state index in [1.54, 1.807) is 0 Å². The quantitative estimate of drug-likeness (QED) is 0.591. The molecule has 0 saturated heterocycles. The van der Waals surface area contributed by atoms with Crippen LogP contribution in [0.15, 0.2) is 0 Å². The van der Waals surface area contributed by atoms with Gasteiger partial charge in [-0.15, -0.1) is 0 Å².